The van der Waals surface area contributed by atoms with Crippen LogP contribution in [0.3, 0.4) is 0 Å². The number of aromatic nitrogens is 1. The molecule has 208 valence electrons. The summed E-state index contributed by atoms with van der Waals surface area (Å²) in [6, 6.07) is -0.825. The Balaban J connectivity index is 1.66. The molecule has 38 heavy (non-hydrogen) atoms. The lowest BCUT2D eigenvalue weighted by atomic mass is 9.76. The van der Waals surface area contributed by atoms with E-state index in [-0.39, 0.29) is 0 Å². The molecule has 4 heterocycles. The zero-order valence-electron chi connectivity index (χ0n) is 19.7. The largest absolute Gasteiger partial charge is 0.416 e. The average Bonchev–Trinajstić information content (AvgIpc) is 3.14. The SMILES string of the molecule is CC1(C)C(C(=O)C(=O)NC2(C(F)(F)F)COC2)=C2CC(F)(F)CN2[C@H]1C(=O)Nc1ccnc(C(F)F)c1F. The first-order valence-corrected chi connectivity index (χ1v) is 11.0. The minimum absolute atomic E-state index is 0.435. The number of alkyl halides is 7. The van der Waals surface area contributed by atoms with Gasteiger partial charge >= 0.3 is 6.18 Å². The van der Waals surface area contributed by atoms with Crippen molar-refractivity contribution in [2.24, 2.45) is 5.41 Å². The van der Waals surface area contributed by atoms with Crippen molar-refractivity contribution in [2.45, 2.75) is 50.4 Å². The number of nitrogens with one attached hydrogen (secondary N) is 2. The van der Waals surface area contributed by atoms with E-state index in [1.54, 1.807) is 5.32 Å². The van der Waals surface area contributed by atoms with Gasteiger partial charge in [0.1, 0.15) is 11.7 Å². The highest BCUT2D eigenvalue weighted by Crippen LogP contribution is 2.52. The highest BCUT2D eigenvalue weighted by atomic mass is 19.4. The molecule has 2 saturated heterocycles. The van der Waals surface area contributed by atoms with Crippen molar-refractivity contribution < 1.29 is 54.2 Å². The van der Waals surface area contributed by atoms with Gasteiger partial charge in [0.05, 0.1) is 31.9 Å². The zero-order valence-corrected chi connectivity index (χ0v) is 19.7. The molecule has 0 spiro atoms. The fourth-order valence-corrected chi connectivity index (χ4v) is 4.93. The van der Waals surface area contributed by atoms with Crippen LogP contribution in [-0.4, -0.2) is 70.9 Å². The van der Waals surface area contributed by atoms with Crippen molar-refractivity contribution in [3.8, 4) is 0 Å². The summed E-state index contributed by atoms with van der Waals surface area (Å²) < 4.78 is 114. The molecule has 3 aliphatic rings. The molecule has 0 radical (unpaired) electrons. The summed E-state index contributed by atoms with van der Waals surface area (Å²) in [7, 11) is 0. The third-order valence-electron chi connectivity index (χ3n) is 6.76. The minimum atomic E-state index is -4.98. The van der Waals surface area contributed by atoms with E-state index in [9.17, 15) is 49.5 Å². The van der Waals surface area contributed by atoms with Gasteiger partial charge in [0.2, 0.25) is 11.7 Å². The van der Waals surface area contributed by atoms with Crippen LogP contribution in [-0.2, 0) is 19.1 Å². The standard InChI is InChI=1S/C22H20F8N4O4/c1-19(2)11(14(35)17(36)33-20(7-38-8-20)22(28,29)30)10-5-21(26,27)6-34(10)15(19)18(37)32-9-3-4-31-13(12(9)23)16(24)25/h3-4,15-16H,5-8H2,1-2H3,(H,33,36)(H,31,32,37)/t15-/m0/s1. The van der Waals surface area contributed by atoms with Crippen molar-refractivity contribution in [3.63, 3.8) is 0 Å². The number of nitrogens with zero attached hydrogens (tertiary/aromatic N) is 2. The van der Waals surface area contributed by atoms with Gasteiger partial charge in [-0.25, -0.2) is 22.0 Å². The van der Waals surface area contributed by atoms with E-state index in [0.29, 0.717) is 0 Å². The van der Waals surface area contributed by atoms with Crippen LogP contribution < -0.4 is 10.6 Å². The number of halogens is 8. The molecule has 1 atom stereocenters. The molecule has 16 heteroatoms. The molecular weight excluding hydrogens is 536 g/mol. The van der Waals surface area contributed by atoms with Crippen molar-refractivity contribution >= 4 is 23.3 Å². The molecule has 4 rings (SSSR count). The molecular formula is C22H20F8N4O4. The van der Waals surface area contributed by atoms with Gasteiger partial charge in [-0.15, -0.1) is 0 Å². The maximum Gasteiger partial charge on any atom is 0.416 e. The lowest BCUT2D eigenvalue weighted by molar-refractivity contribution is -0.265. The van der Waals surface area contributed by atoms with Crippen LogP contribution in [0.25, 0.3) is 0 Å². The molecule has 2 N–H and O–H groups in total. The lowest BCUT2D eigenvalue weighted by Crippen LogP contribution is -2.71. The second-order valence-electron chi connectivity index (χ2n) is 9.81. The Hall–Kier alpha value is -3.30. The van der Waals surface area contributed by atoms with Gasteiger partial charge in [-0.2, -0.15) is 13.2 Å². The van der Waals surface area contributed by atoms with E-state index in [2.05, 4.69) is 9.72 Å². The fourth-order valence-electron chi connectivity index (χ4n) is 4.93. The summed E-state index contributed by atoms with van der Waals surface area (Å²) in [4.78, 5) is 43.0. The normalized spacial score (nSPS) is 23.2. The fraction of sp³-hybridized carbons (Fsp3) is 0.545. The molecule has 0 aliphatic carbocycles. The average molecular weight is 556 g/mol. The summed E-state index contributed by atoms with van der Waals surface area (Å²) in [6.07, 6.45) is -8.62. The molecule has 1 aromatic heterocycles. The maximum absolute atomic E-state index is 14.4. The Kier molecular flexibility index (Phi) is 6.48. The number of pyridine rings is 1. The number of ether oxygens (including phenoxy) is 1. The molecule has 1 aromatic rings. The first kappa shape index (κ1) is 27.7. The third-order valence-corrected chi connectivity index (χ3v) is 6.76. The van der Waals surface area contributed by atoms with E-state index in [4.69, 9.17) is 0 Å². The molecule has 8 nitrogen and oxygen atoms in total. The quantitative estimate of drug-likeness (QED) is 0.413. The molecule has 0 unspecified atom stereocenters. The molecule has 0 saturated carbocycles. The number of ketones is 1. The van der Waals surface area contributed by atoms with E-state index < -0.39 is 108 Å². The smallest absolute Gasteiger partial charge is 0.376 e. The lowest BCUT2D eigenvalue weighted by Gasteiger charge is -2.42. The van der Waals surface area contributed by atoms with Gasteiger partial charge < -0.3 is 20.3 Å². The number of anilines is 1. The molecule has 0 aromatic carbocycles. The topological polar surface area (TPSA) is 101 Å². The summed E-state index contributed by atoms with van der Waals surface area (Å²) >= 11 is 0. The van der Waals surface area contributed by atoms with E-state index in [1.807, 2.05) is 5.32 Å². The van der Waals surface area contributed by atoms with Crippen LogP contribution in [0, 0.1) is 11.2 Å². The van der Waals surface area contributed by atoms with E-state index in [0.717, 1.165) is 17.2 Å². The first-order valence-electron chi connectivity index (χ1n) is 11.0. The van der Waals surface area contributed by atoms with Gasteiger partial charge in [0.15, 0.2) is 11.4 Å². The minimum Gasteiger partial charge on any atom is -0.376 e. The Bertz CT molecular complexity index is 1230. The zero-order chi connectivity index (χ0) is 28.4. The number of amides is 2. The van der Waals surface area contributed by atoms with Gasteiger partial charge in [0.25, 0.3) is 18.3 Å². The van der Waals surface area contributed by atoms with Crippen molar-refractivity contribution in [1.29, 1.82) is 0 Å². The third kappa shape index (κ3) is 4.37. The van der Waals surface area contributed by atoms with Crippen molar-refractivity contribution in [1.82, 2.24) is 15.2 Å². The van der Waals surface area contributed by atoms with E-state index in [1.165, 1.54) is 13.8 Å². The number of rotatable bonds is 6. The van der Waals surface area contributed by atoms with Gasteiger partial charge in [-0.05, 0) is 6.07 Å². The molecule has 0 bridgehead atoms. The van der Waals surface area contributed by atoms with Crippen molar-refractivity contribution in [3.05, 3.63) is 35.0 Å². The number of fused-ring (bicyclic) bond motifs is 1. The Morgan fingerprint density at radius 1 is 1.18 bits per heavy atom. The molecule has 3 aliphatic heterocycles. The first-order chi connectivity index (χ1) is 17.4. The van der Waals surface area contributed by atoms with Crippen LogP contribution >= 0.6 is 0 Å². The molecule has 2 amide bonds. The van der Waals surface area contributed by atoms with Crippen LogP contribution in [0.5, 0.6) is 0 Å². The van der Waals surface area contributed by atoms with Gasteiger partial charge in [0, 0.05) is 22.9 Å². The Morgan fingerprint density at radius 2 is 1.82 bits per heavy atom. The number of carbonyl (C=O) groups is 3. The Labute approximate surface area is 209 Å². The second kappa shape index (κ2) is 8.88. The maximum atomic E-state index is 14.4. The number of hydrogen-bond donors (Lipinski definition) is 2. The number of allylic oxidation sites excluding steroid dienone is 1. The predicted octanol–water partition coefficient (Wildman–Crippen LogP) is 3.12. The van der Waals surface area contributed by atoms with Crippen LogP contribution in [0.1, 0.15) is 32.4 Å². The van der Waals surface area contributed by atoms with Crippen LogP contribution in [0.15, 0.2) is 23.5 Å². The predicted molar refractivity (Wildman–Crippen MR) is 111 cm³/mol. The van der Waals surface area contributed by atoms with Crippen molar-refractivity contribution in [2.75, 3.05) is 25.1 Å². The summed E-state index contributed by atoms with van der Waals surface area (Å²) in [6.45, 7) is -0.568. The summed E-state index contributed by atoms with van der Waals surface area (Å²) in [5.74, 6) is -9.53. The highest BCUT2D eigenvalue weighted by molar-refractivity contribution is 6.43. The van der Waals surface area contributed by atoms with Gasteiger partial charge in [-0.3, -0.25) is 19.4 Å². The summed E-state index contributed by atoms with van der Waals surface area (Å²) in [5, 5.41) is 3.62. The highest BCUT2D eigenvalue weighted by Gasteiger charge is 2.63. The van der Waals surface area contributed by atoms with Crippen LogP contribution in [0.2, 0.25) is 0 Å². The number of hydrogen-bond acceptors (Lipinski definition) is 6. The van der Waals surface area contributed by atoms with Gasteiger partial charge in [-0.1, -0.05) is 13.8 Å². The monoisotopic (exact) mass is 556 g/mol. The number of carbonyl (C=O) groups excluding carboxylic acids is 3. The Morgan fingerprint density at radius 3 is 2.34 bits per heavy atom. The summed E-state index contributed by atoms with van der Waals surface area (Å²) in [5.41, 5.74) is -7.65. The second-order valence-corrected chi connectivity index (χ2v) is 9.81. The van der Waals surface area contributed by atoms with E-state index >= 15 is 0 Å². The number of Topliss-reactive ketones (excluding diaryl/α,β-unsaturated/α-hetero) is 1. The van der Waals surface area contributed by atoms with Crippen LogP contribution in [0.4, 0.5) is 40.8 Å². The molecule has 2 fully saturated rings.